The molecule has 0 saturated heterocycles. The van der Waals surface area contributed by atoms with Crippen LogP contribution in [0.15, 0.2) is 36.4 Å². The van der Waals surface area contributed by atoms with Gasteiger partial charge < -0.3 is 19.5 Å². The first-order valence-electron chi connectivity index (χ1n) is 11.3. The summed E-state index contributed by atoms with van der Waals surface area (Å²) in [5, 5.41) is 4.08. The number of likely N-dealkylation sites (N-methyl/N-ethyl adjacent to an activating group) is 1. The van der Waals surface area contributed by atoms with Gasteiger partial charge in [-0.1, -0.05) is 6.07 Å². The number of halogens is 1. The minimum atomic E-state index is -0.693. The topological polar surface area (TPSA) is 79.7 Å². The van der Waals surface area contributed by atoms with Crippen LogP contribution in [0.5, 0.6) is 0 Å². The normalized spacial score (nSPS) is 13.7. The van der Waals surface area contributed by atoms with Crippen molar-refractivity contribution in [2.24, 2.45) is 7.05 Å². The van der Waals surface area contributed by atoms with Crippen molar-refractivity contribution >= 4 is 40.2 Å². The van der Waals surface area contributed by atoms with E-state index in [1.165, 1.54) is 4.90 Å². The number of hydrogen-bond acceptors (Lipinski definition) is 5. The Morgan fingerprint density at radius 2 is 2.00 bits per heavy atom. The van der Waals surface area contributed by atoms with Crippen LogP contribution in [0.2, 0.25) is 0 Å². The quantitative estimate of drug-likeness (QED) is 0.591. The van der Waals surface area contributed by atoms with Crippen molar-refractivity contribution < 1.29 is 18.7 Å². The van der Waals surface area contributed by atoms with Crippen molar-refractivity contribution in [3.8, 4) is 0 Å². The SMILES string of the molecule is CN1CCc2c(c3ccc(Nc4cccc(N(CCF)C(=O)OC(C)(C)C)c4)nc3n2C)C1=O. The molecule has 0 aliphatic carbocycles. The number of pyridine rings is 1. The van der Waals surface area contributed by atoms with Gasteiger partial charge >= 0.3 is 6.09 Å². The number of carbonyl (C=O) groups is 2. The minimum Gasteiger partial charge on any atom is -0.443 e. The molecule has 3 aromatic rings. The summed E-state index contributed by atoms with van der Waals surface area (Å²) in [4.78, 5) is 33.1. The Balaban J connectivity index is 1.63. The number of rotatable bonds is 5. The van der Waals surface area contributed by atoms with E-state index in [0.717, 1.165) is 23.1 Å². The lowest BCUT2D eigenvalue weighted by Crippen LogP contribution is -2.38. The Kier molecular flexibility index (Phi) is 6.20. The van der Waals surface area contributed by atoms with Crippen LogP contribution in [0.25, 0.3) is 11.0 Å². The Labute approximate surface area is 198 Å². The minimum absolute atomic E-state index is 0.0113. The molecule has 0 fully saturated rings. The molecule has 180 valence electrons. The van der Waals surface area contributed by atoms with Gasteiger partial charge in [0.15, 0.2) is 0 Å². The largest absolute Gasteiger partial charge is 0.443 e. The predicted octanol–water partition coefficient (Wildman–Crippen LogP) is 4.66. The number of amides is 2. The van der Waals surface area contributed by atoms with Gasteiger partial charge in [0.2, 0.25) is 0 Å². The highest BCUT2D eigenvalue weighted by atomic mass is 19.1. The van der Waals surface area contributed by atoms with Crippen LogP contribution in [0.4, 0.5) is 26.4 Å². The maximum Gasteiger partial charge on any atom is 0.414 e. The van der Waals surface area contributed by atoms with Crippen LogP contribution in [0, 0.1) is 0 Å². The third-order valence-electron chi connectivity index (χ3n) is 5.75. The number of hydrogen-bond donors (Lipinski definition) is 1. The Hall–Kier alpha value is -3.62. The first-order valence-corrected chi connectivity index (χ1v) is 11.3. The number of fused-ring (bicyclic) bond motifs is 3. The molecule has 0 saturated carbocycles. The van der Waals surface area contributed by atoms with E-state index in [-0.39, 0.29) is 12.5 Å². The summed E-state index contributed by atoms with van der Waals surface area (Å²) in [5.74, 6) is 0.606. The number of ether oxygens (including phenoxy) is 1. The van der Waals surface area contributed by atoms with Gasteiger partial charge in [-0.3, -0.25) is 9.69 Å². The van der Waals surface area contributed by atoms with Crippen molar-refractivity contribution in [2.75, 3.05) is 37.0 Å². The molecule has 1 aromatic carbocycles. The smallest absolute Gasteiger partial charge is 0.414 e. The molecule has 1 aliphatic heterocycles. The van der Waals surface area contributed by atoms with Crippen molar-refractivity contribution in [3.05, 3.63) is 47.7 Å². The van der Waals surface area contributed by atoms with Crippen molar-refractivity contribution in [1.29, 1.82) is 0 Å². The predicted molar refractivity (Wildman–Crippen MR) is 131 cm³/mol. The highest BCUT2D eigenvalue weighted by Crippen LogP contribution is 2.31. The zero-order valence-electron chi connectivity index (χ0n) is 20.2. The molecule has 0 atom stereocenters. The van der Waals surface area contributed by atoms with E-state index in [9.17, 15) is 14.0 Å². The lowest BCUT2D eigenvalue weighted by atomic mass is 10.0. The number of carbonyl (C=O) groups excluding carboxylic acids is 2. The molecular weight excluding hydrogens is 437 g/mol. The Morgan fingerprint density at radius 1 is 1.24 bits per heavy atom. The van der Waals surface area contributed by atoms with Crippen LogP contribution in [-0.4, -0.2) is 58.9 Å². The van der Waals surface area contributed by atoms with E-state index in [1.54, 1.807) is 43.9 Å². The summed E-state index contributed by atoms with van der Waals surface area (Å²) >= 11 is 0. The highest BCUT2D eigenvalue weighted by molar-refractivity contribution is 6.08. The summed E-state index contributed by atoms with van der Waals surface area (Å²) in [6.45, 7) is 5.18. The molecule has 8 nitrogen and oxygen atoms in total. The average molecular weight is 468 g/mol. The second-order valence-electron chi connectivity index (χ2n) is 9.42. The molecule has 1 N–H and O–H groups in total. The number of nitrogens with one attached hydrogen (secondary N) is 1. The summed E-state index contributed by atoms with van der Waals surface area (Å²) in [5.41, 5.74) is 2.94. The van der Waals surface area contributed by atoms with E-state index >= 15 is 0 Å². The van der Waals surface area contributed by atoms with E-state index < -0.39 is 18.4 Å². The Bertz CT molecular complexity index is 1250. The van der Waals surface area contributed by atoms with Crippen LogP contribution in [0.1, 0.15) is 36.8 Å². The average Bonchev–Trinajstić information content (AvgIpc) is 3.05. The van der Waals surface area contributed by atoms with Gasteiger partial charge in [0.05, 0.1) is 12.1 Å². The molecule has 4 rings (SSSR count). The first-order chi connectivity index (χ1) is 16.1. The molecule has 1 aliphatic rings. The van der Waals surface area contributed by atoms with Gasteiger partial charge in [0, 0.05) is 49.5 Å². The number of aryl methyl sites for hydroxylation is 1. The summed E-state index contributed by atoms with van der Waals surface area (Å²) in [6, 6.07) is 10.8. The molecule has 3 heterocycles. The molecule has 9 heteroatoms. The fourth-order valence-corrected chi connectivity index (χ4v) is 4.14. The van der Waals surface area contributed by atoms with Crippen LogP contribution in [-0.2, 0) is 18.2 Å². The number of benzene rings is 1. The van der Waals surface area contributed by atoms with Crippen molar-refractivity contribution in [2.45, 2.75) is 32.8 Å². The number of anilines is 3. The number of nitrogens with zero attached hydrogens (tertiary/aromatic N) is 4. The molecular formula is C25H30FN5O3. The lowest BCUT2D eigenvalue weighted by molar-refractivity contribution is 0.0577. The number of alkyl halides is 1. The number of aromatic nitrogens is 2. The third kappa shape index (κ3) is 4.55. The van der Waals surface area contributed by atoms with E-state index in [1.807, 2.05) is 36.9 Å². The zero-order chi connectivity index (χ0) is 24.6. The van der Waals surface area contributed by atoms with Gasteiger partial charge in [0.25, 0.3) is 5.91 Å². The fraction of sp³-hybridized carbons (Fsp3) is 0.400. The monoisotopic (exact) mass is 467 g/mol. The summed E-state index contributed by atoms with van der Waals surface area (Å²) in [6.07, 6.45) is 0.176. The fourth-order valence-electron chi connectivity index (χ4n) is 4.14. The summed E-state index contributed by atoms with van der Waals surface area (Å²) < 4.78 is 20.6. The molecule has 0 bridgehead atoms. The molecule has 0 spiro atoms. The lowest BCUT2D eigenvalue weighted by Gasteiger charge is -2.27. The Morgan fingerprint density at radius 3 is 2.71 bits per heavy atom. The van der Waals surface area contributed by atoms with Gasteiger partial charge in [-0.15, -0.1) is 0 Å². The van der Waals surface area contributed by atoms with Gasteiger partial charge in [-0.2, -0.15) is 0 Å². The second kappa shape index (κ2) is 8.96. The van der Waals surface area contributed by atoms with Crippen molar-refractivity contribution in [1.82, 2.24) is 14.5 Å². The third-order valence-corrected chi connectivity index (χ3v) is 5.75. The van der Waals surface area contributed by atoms with Crippen LogP contribution < -0.4 is 10.2 Å². The van der Waals surface area contributed by atoms with E-state index in [0.29, 0.717) is 29.3 Å². The highest BCUT2D eigenvalue weighted by Gasteiger charge is 2.28. The molecule has 0 unspecified atom stereocenters. The van der Waals surface area contributed by atoms with Gasteiger partial charge in [-0.25, -0.2) is 14.2 Å². The second-order valence-corrected chi connectivity index (χ2v) is 9.42. The summed E-state index contributed by atoms with van der Waals surface area (Å²) in [7, 11) is 3.73. The van der Waals surface area contributed by atoms with Gasteiger partial charge in [-0.05, 0) is 51.1 Å². The van der Waals surface area contributed by atoms with E-state index in [2.05, 4.69) is 5.32 Å². The molecule has 34 heavy (non-hydrogen) atoms. The molecule has 2 aromatic heterocycles. The first kappa shape index (κ1) is 23.5. The van der Waals surface area contributed by atoms with Crippen molar-refractivity contribution in [3.63, 3.8) is 0 Å². The standard InChI is InChI=1S/C25H30FN5O3/c1-25(2,3)34-24(33)31(14-12-26)17-8-6-7-16(15-17)27-20-10-9-18-21-19(30(5)22(18)28-20)11-13-29(4)23(21)32/h6-10,15H,11-14H2,1-5H3,(H,27,28). The van der Waals surface area contributed by atoms with Gasteiger partial charge in [0.1, 0.15) is 23.7 Å². The van der Waals surface area contributed by atoms with Crippen LogP contribution in [0.3, 0.4) is 0 Å². The maximum absolute atomic E-state index is 13.2. The van der Waals surface area contributed by atoms with E-state index in [4.69, 9.17) is 9.72 Å². The molecule has 2 amide bonds. The zero-order valence-corrected chi connectivity index (χ0v) is 20.2. The van der Waals surface area contributed by atoms with Crippen LogP contribution >= 0.6 is 0 Å². The maximum atomic E-state index is 13.2. The molecule has 0 radical (unpaired) electrons.